The van der Waals surface area contributed by atoms with Gasteiger partial charge in [0.15, 0.2) is 5.11 Å². The topological polar surface area (TPSA) is 68.6 Å². The smallest absolute Gasteiger partial charge is 0.339 e. The molecule has 188 valence electrons. The number of rotatable bonds is 6. The van der Waals surface area contributed by atoms with Crippen molar-refractivity contribution in [2.75, 3.05) is 19.1 Å². The highest BCUT2D eigenvalue weighted by Crippen LogP contribution is 2.44. The molecule has 0 spiro atoms. The fourth-order valence-electron chi connectivity index (χ4n) is 5.10. The summed E-state index contributed by atoms with van der Waals surface area (Å²) in [6.07, 6.45) is 1.79. The lowest BCUT2D eigenvalue weighted by atomic mass is 9.96. The van der Waals surface area contributed by atoms with Crippen molar-refractivity contribution in [2.24, 2.45) is 0 Å². The van der Waals surface area contributed by atoms with E-state index in [1.54, 1.807) is 19.4 Å². The summed E-state index contributed by atoms with van der Waals surface area (Å²) < 4.78 is 12.5. The number of hydrogen-bond acceptors (Lipinski definition) is 5. The molecule has 2 atom stereocenters. The summed E-state index contributed by atoms with van der Waals surface area (Å²) >= 11 is 5.87. The largest absolute Gasteiger partial charge is 0.497 e. The van der Waals surface area contributed by atoms with Crippen LogP contribution < -0.4 is 15.0 Å². The summed E-state index contributed by atoms with van der Waals surface area (Å²) in [5.74, 6) is 0.400. The number of aryl methyl sites for hydroxylation is 1. The summed E-state index contributed by atoms with van der Waals surface area (Å²) in [5.41, 5.74) is 6.20. The van der Waals surface area contributed by atoms with Crippen LogP contribution in [0.1, 0.15) is 45.1 Å². The van der Waals surface area contributed by atoms with Gasteiger partial charge >= 0.3 is 5.97 Å². The second-order valence-electron chi connectivity index (χ2n) is 8.87. The number of benzene rings is 2. The van der Waals surface area contributed by atoms with Crippen LogP contribution in [0, 0.1) is 13.8 Å². The number of carbonyl (C=O) groups is 1. The molecule has 37 heavy (non-hydrogen) atoms. The minimum atomic E-state index is -0.375. The molecule has 2 aromatic heterocycles. The van der Waals surface area contributed by atoms with Crippen molar-refractivity contribution in [1.29, 1.82) is 0 Å². The minimum Gasteiger partial charge on any atom is -0.497 e. The Labute approximate surface area is 221 Å². The van der Waals surface area contributed by atoms with E-state index in [9.17, 15) is 4.79 Å². The van der Waals surface area contributed by atoms with E-state index in [-0.39, 0.29) is 18.1 Å². The lowest BCUT2D eigenvalue weighted by Crippen LogP contribution is -2.29. The Bertz CT molecular complexity index is 1450. The van der Waals surface area contributed by atoms with Crippen LogP contribution in [0.4, 0.5) is 5.69 Å². The molecule has 8 heteroatoms. The molecular weight excluding hydrogens is 484 g/mol. The van der Waals surface area contributed by atoms with Gasteiger partial charge in [-0.05, 0) is 86.2 Å². The van der Waals surface area contributed by atoms with E-state index in [0.717, 1.165) is 39.8 Å². The van der Waals surface area contributed by atoms with Crippen LogP contribution in [0.5, 0.6) is 5.75 Å². The fraction of sp³-hybridized carbons (Fsp3) is 0.207. The Kier molecular flexibility index (Phi) is 6.67. The molecule has 0 saturated carbocycles. The minimum absolute atomic E-state index is 0.180. The molecule has 3 heterocycles. The number of esters is 1. The normalized spacial score (nSPS) is 17.0. The Morgan fingerprint density at radius 2 is 1.73 bits per heavy atom. The zero-order valence-corrected chi connectivity index (χ0v) is 22.0. The number of anilines is 1. The summed E-state index contributed by atoms with van der Waals surface area (Å²) in [5, 5.41) is 4.13. The average Bonchev–Trinajstić information content (AvgIpc) is 3.43. The summed E-state index contributed by atoms with van der Waals surface area (Å²) in [4.78, 5) is 19.4. The van der Waals surface area contributed by atoms with Crippen molar-refractivity contribution in [2.45, 2.75) is 25.9 Å². The van der Waals surface area contributed by atoms with Crippen molar-refractivity contribution >= 4 is 29.0 Å². The maximum Gasteiger partial charge on any atom is 0.339 e. The van der Waals surface area contributed by atoms with E-state index >= 15 is 0 Å². The fourth-order valence-corrected chi connectivity index (χ4v) is 5.45. The van der Waals surface area contributed by atoms with Crippen LogP contribution >= 0.6 is 12.2 Å². The van der Waals surface area contributed by atoms with E-state index in [2.05, 4.69) is 32.8 Å². The van der Waals surface area contributed by atoms with Crippen LogP contribution in [0.15, 0.2) is 79.0 Å². The van der Waals surface area contributed by atoms with Crippen molar-refractivity contribution in [1.82, 2.24) is 14.9 Å². The van der Waals surface area contributed by atoms with Crippen LogP contribution in [0.25, 0.3) is 5.69 Å². The Balaban J connectivity index is 1.68. The highest BCUT2D eigenvalue weighted by Gasteiger charge is 2.42. The maximum atomic E-state index is 12.6. The van der Waals surface area contributed by atoms with E-state index in [1.807, 2.05) is 67.6 Å². The van der Waals surface area contributed by atoms with Gasteiger partial charge in [0.05, 0.1) is 43.2 Å². The zero-order chi connectivity index (χ0) is 26.1. The number of pyridine rings is 1. The molecule has 2 aromatic carbocycles. The molecule has 0 aliphatic carbocycles. The molecule has 0 radical (unpaired) electrons. The second kappa shape index (κ2) is 10.1. The highest BCUT2D eigenvalue weighted by atomic mass is 32.1. The quantitative estimate of drug-likeness (QED) is 0.272. The number of nitrogens with one attached hydrogen (secondary N) is 1. The van der Waals surface area contributed by atoms with E-state index < -0.39 is 0 Å². The molecule has 5 rings (SSSR count). The number of nitrogens with zero attached hydrogens (tertiary/aromatic N) is 3. The van der Waals surface area contributed by atoms with Gasteiger partial charge in [-0.15, -0.1) is 0 Å². The molecule has 0 bridgehead atoms. The molecule has 4 aromatic rings. The van der Waals surface area contributed by atoms with Gasteiger partial charge in [0.2, 0.25) is 0 Å². The predicted octanol–water partition coefficient (Wildman–Crippen LogP) is 5.46. The lowest BCUT2D eigenvalue weighted by molar-refractivity contribution is 0.0600. The molecule has 1 fully saturated rings. The summed E-state index contributed by atoms with van der Waals surface area (Å²) in [7, 11) is 3.05. The van der Waals surface area contributed by atoms with E-state index in [1.165, 1.54) is 7.11 Å². The highest BCUT2D eigenvalue weighted by molar-refractivity contribution is 7.80. The zero-order valence-electron chi connectivity index (χ0n) is 21.1. The Morgan fingerprint density at radius 3 is 2.41 bits per heavy atom. The molecule has 1 aliphatic rings. The Morgan fingerprint density at radius 1 is 1.00 bits per heavy atom. The van der Waals surface area contributed by atoms with Gasteiger partial charge in [0.25, 0.3) is 0 Å². The van der Waals surface area contributed by atoms with Gasteiger partial charge in [0.1, 0.15) is 5.75 Å². The Hall–Kier alpha value is -4.17. The third-order valence-corrected chi connectivity index (χ3v) is 7.10. The first-order valence-electron chi connectivity index (χ1n) is 12.0. The standard InChI is InChI=1S/C29H28N4O3S/c1-18-17-23(19(2)32(18)25-11-6-5-9-22(25)28(34)36-4)27-26(24-10-7-8-16-30-24)31-29(37)33(27)20-12-14-21(35-3)15-13-20/h5-17,26-27H,1-4H3,(H,31,37)/t26-,27-/m1/s1. The maximum absolute atomic E-state index is 12.6. The van der Waals surface area contributed by atoms with Gasteiger partial charge in [-0.3, -0.25) is 4.98 Å². The van der Waals surface area contributed by atoms with Crippen LogP contribution in [0.3, 0.4) is 0 Å². The average molecular weight is 513 g/mol. The number of methoxy groups -OCH3 is 2. The van der Waals surface area contributed by atoms with Crippen molar-refractivity contribution < 1.29 is 14.3 Å². The first kappa shape index (κ1) is 24.5. The van der Waals surface area contributed by atoms with Gasteiger partial charge in [-0.2, -0.15) is 0 Å². The van der Waals surface area contributed by atoms with Crippen molar-refractivity contribution in [3.05, 3.63) is 107 Å². The lowest BCUT2D eigenvalue weighted by Gasteiger charge is -2.28. The van der Waals surface area contributed by atoms with Crippen LogP contribution in [0.2, 0.25) is 0 Å². The molecule has 1 saturated heterocycles. The monoisotopic (exact) mass is 512 g/mol. The SMILES string of the molecule is COC(=O)c1ccccc1-n1c(C)cc([C@@H]2[C@@H](c3ccccn3)NC(=S)N2c2ccc(OC)cc2)c1C. The van der Waals surface area contributed by atoms with Gasteiger partial charge in [-0.25, -0.2) is 4.79 Å². The predicted molar refractivity (Wildman–Crippen MR) is 148 cm³/mol. The number of ether oxygens (including phenoxy) is 2. The number of aromatic nitrogens is 2. The molecule has 7 nitrogen and oxygen atoms in total. The van der Waals surface area contributed by atoms with E-state index in [0.29, 0.717) is 10.7 Å². The molecule has 1 aliphatic heterocycles. The molecule has 1 N–H and O–H groups in total. The van der Waals surface area contributed by atoms with Crippen molar-refractivity contribution in [3.63, 3.8) is 0 Å². The third kappa shape index (κ3) is 4.34. The number of carbonyl (C=O) groups excluding carboxylic acids is 1. The third-order valence-electron chi connectivity index (χ3n) is 6.79. The molecular formula is C29H28N4O3S. The number of hydrogen-bond donors (Lipinski definition) is 1. The molecule has 0 amide bonds. The van der Waals surface area contributed by atoms with Crippen LogP contribution in [-0.4, -0.2) is 34.9 Å². The van der Waals surface area contributed by atoms with E-state index in [4.69, 9.17) is 21.7 Å². The summed E-state index contributed by atoms with van der Waals surface area (Å²) in [6, 6.07) is 23.1. The number of thiocarbonyl (C=S) groups is 1. The van der Waals surface area contributed by atoms with Gasteiger partial charge < -0.3 is 24.3 Å². The van der Waals surface area contributed by atoms with Crippen molar-refractivity contribution in [3.8, 4) is 11.4 Å². The van der Waals surface area contributed by atoms with Gasteiger partial charge in [-0.1, -0.05) is 18.2 Å². The molecule has 0 unspecified atom stereocenters. The number of para-hydroxylation sites is 1. The van der Waals surface area contributed by atoms with Gasteiger partial charge in [0, 0.05) is 23.3 Å². The first-order chi connectivity index (χ1) is 17.9. The summed E-state index contributed by atoms with van der Waals surface area (Å²) in [6.45, 7) is 4.11. The first-order valence-corrected chi connectivity index (χ1v) is 12.4. The second-order valence-corrected chi connectivity index (χ2v) is 9.25. The van der Waals surface area contributed by atoms with Crippen LogP contribution in [-0.2, 0) is 4.74 Å².